The van der Waals surface area contributed by atoms with E-state index in [9.17, 15) is 4.79 Å². The fraction of sp³-hybridized carbons (Fsp3) is 0.500. The van der Waals surface area contributed by atoms with Crippen molar-refractivity contribution in [3.8, 4) is 0 Å². The lowest BCUT2D eigenvalue weighted by molar-refractivity contribution is 0.0697. The summed E-state index contributed by atoms with van der Waals surface area (Å²) in [4.78, 5) is 17.4. The van der Waals surface area contributed by atoms with E-state index in [0.29, 0.717) is 11.9 Å². The molecule has 1 N–H and O–H groups in total. The first-order valence-electron chi connectivity index (χ1n) is 5.81. The minimum atomic E-state index is -0.958. The summed E-state index contributed by atoms with van der Waals surface area (Å²) in [6.45, 7) is 0.983. The summed E-state index contributed by atoms with van der Waals surface area (Å²) in [5.74, 6) is 0.496. The largest absolute Gasteiger partial charge is 0.478 e. The van der Waals surface area contributed by atoms with Gasteiger partial charge in [-0.25, -0.2) is 9.78 Å². The van der Waals surface area contributed by atoms with Crippen LogP contribution in [0.2, 0.25) is 5.15 Å². The van der Waals surface area contributed by atoms with Gasteiger partial charge in [-0.3, -0.25) is 0 Å². The lowest BCUT2D eigenvalue weighted by Crippen LogP contribution is -2.32. The van der Waals surface area contributed by atoms with Crippen LogP contribution in [0.1, 0.15) is 29.6 Å². The summed E-state index contributed by atoms with van der Waals surface area (Å²) in [6, 6.07) is 3.53. The first-order valence-corrected chi connectivity index (χ1v) is 6.19. The number of fused-ring (bicyclic) bond motifs is 2. The zero-order valence-corrected chi connectivity index (χ0v) is 10.0. The van der Waals surface area contributed by atoms with Crippen molar-refractivity contribution in [3.05, 3.63) is 22.8 Å². The van der Waals surface area contributed by atoms with Crippen molar-refractivity contribution in [2.24, 2.45) is 5.92 Å². The van der Waals surface area contributed by atoms with Crippen LogP contribution in [0, 0.1) is 5.92 Å². The third-order valence-corrected chi connectivity index (χ3v) is 3.92. The fourth-order valence-corrected chi connectivity index (χ4v) is 3.16. The van der Waals surface area contributed by atoms with Crippen LogP contribution in [-0.4, -0.2) is 28.6 Å². The van der Waals surface area contributed by atoms with Crippen molar-refractivity contribution in [3.63, 3.8) is 0 Å². The van der Waals surface area contributed by atoms with Gasteiger partial charge in [-0.05, 0) is 37.3 Å². The highest BCUT2D eigenvalue weighted by atomic mass is 35.5. The highest BCUT2D eigenvalue weighted by molar-refractivity contribution is 6.29. The monoisotopic (exact) mass is 252 g/mol. The highest BCUT2D eigenvalue weighted by Gasteiger charge is 2.38. The van der Waals surface area contributed by atoms with Crippen molar-refractivity contribution < 1.29 is 9.90 Å². The molecule has 2 unspecified atom stereocenters. The number of carboxylic acids is 1. The van der Waals surface area contributed by atoms with Gasteiger partial charge in [0, 0.05) is 12.6 Å². The van der Waals surface area contributed by atoms with Crippen molar-refractivity contribution in [2.75, 3.05) is 11.4 Å². The first kappa shape index (κ1) is 10.8. The zero-order valence-electron chi connectivity index (χ0n) is 9.27. The molecule has 0 aromatic carbocycles. The van der Waals surface area contributed by atoms with Gasteiger partial charge >= 0.3 is 5.97 Å². The Kier molecular flexibility index (Phi) is 2.47. The third-order valence-electron chi connectivity index (χ3n) is 3.73. The maximum absolute atomic E-state index is 11.0. The lowest BCUT2D eigenvalue weighted by atomic mass is 10.1. The second kappa shape index (κ2) is 3.88. The van der Waals surface area contributed by atoms with Gasteiger partial charge in [0.1, 0.15) is 11.0 Å². The number of aromatic carboxylic acids is 1. The quantitative estimate of drug-likeness (QED) is 0.822. The number of carbonyl (C=O) groups is 1. The van der Waals surface area contributed by atoms with Gasteiger partial charge in [-0.15, -0.1) is 0 Å². The van der Waals surface area contributed by atoms with Gasteiger partial charge in [0.2, 0.25) is 0 Å². The van der Waals surface area contributed by atoms with E-state index in [4.69, 9.17) is 16.7 Å². The van der Waals surface area contributed by atoms with E-state index in [2.05, 4.69) is 9.88 Å². The number of halogens is 1. The minimum absolute atomic E-state index is 0.211. The molecule has 2 heterocycles. The van der Waals surface area contributed by atoms with Crippen LogP contribution < -0.4 is 4.90 Å². The van der Waals surface area contributed by atoms with Crippen molar-refractivity contribution in [2.45, 2.75) is 25.3 Å². The standard InChI is InChI=1S/C12H13ClN2O2/c13-10-4-8(12(16)17)5-11(14-10)15-6-7-1-2-9(15)3-7/h4-5,7,9H,1-3,6H2,(H,16,17). The number of anilines is 1. The number of aromatic nitrogens is 1. The van der Waals surface area contributed by atoms with Crippen LogP contribution in [0.4, 0.5) is 5.82 Å². The SMILES string of the molecule is O=C(O)c1cc(Cl)nc(N2CC3CCC2C3)c1. The van der Waals surface area contributed by atoms with E-state index in [1.165, 1.54) is 25.3 Å². The number of piperidine rings is 1. The maximum atomic E-state index is 11.0. The Morgan fingerprint density at radius 2 is 2.29 bits per heavy atom. The van der Waals surface area contributed by atoms with Gasteiger partial charge in [0.25, 0.3) is 0 Å². The Balaban J connectivity index is 1.95. The van der Waals surface area contributed by atoms with Crippen LogP contribution in [0.25, 0.3) is 0 Å². The van der Waals surface area contributed by atoms with Crippen molar-refractivity contribution >= 4 is 23.4 Å². The predicted octanol–water partition coefficient (Wildman–Crippen LogP) is 2.42. The molecule has 2 atom stereocenters. The molecule has 2 bridgehead atoms. The molecule has 17 heavy (non-hydrogen) atoms. The number of hydrogen-bond donors (Lipinski definition) is 1. The second-order valence-corrected chi connectivity index (χ2v) is 5.21. The Bertz CT molecular complexity index is 478. The molecule has 1 aliphatic carbocycles. The number of nitrogens with zero attached hydrogens (tertiary/aromatic N) is 2. The van der Waals surface area contributed by atoms with Crippen LogP contribution in [0.5, 0.6) is 0 Å². The molecule has 3 rings (SSSR count). The number of hydrogen-bond acceptors (Lipinski definition) is 3. The molecule has 1 aliphatic heterocycles. The van der Waals surface area contributed by atoms with Gasteiger partial charge in [-0.2, -0.15) is 0 Å². The second-order valence-electron chi connectivity index (χ2n) is 4.83. The molecule has 0 amide bonds. The first-order chi connectivity index (χ1) is 8.13. The molecular formula is C12H13ClN2O2. The predicted molar refractivity (Wildman–Crippen MR) is 64.7 cm³/mol. The molecule has 4 nitrogen and oxygen atoms in total. The molecular weight excluding hydrogens is 240 g/mol. The summed E-state index contributed by atoms with van der Waals surface area (Å²) < 4.78 is 0. The lowest BCUT2D eigenvalue weighted by Gasteiger charge is -2.28. The Morgan fingerprint density at radius 1 is 1.47 bits per heavy atom. The molecule has 2 fully saturated rings. The molecule has 5 heteroatoms. The molecule has 90 valence electrons. The molecule has 0 radical (unpaired) electrons. The molecule has 1 saturated heterocycles. The summed E-state index contributed by atoms with van der Waals surface area (Å²) >= 11 is 5.87. The average Bonchev–Trinajstić information content (AvgIpc) is 2.89. The van der Waals surface area contributed by atoms with E-state index in [0.717, 1.165) is 12.5 Å². The highest BCUT2D eigenvalue weighted by Crippen LogP contribution is 2.39. The van der Waals surface area contributed by atoms with E-state index in [1.807, 2.05) is 0 Å². The molecule has 1 saturated carbocycles. The molecule has 2 aliphatic rings. The topological polar surface area (TPSA) is 53.4 Å². The fourth-order valence-electron chi connectivity index (χ4n) is 2.96. The average molecular weight is 253 g/mol. The zero-order chi connectivity index (χ0) is 12.0. The Morgan fingerprint density at radius 3 is 2.88 bits per heavy atom. The molecule has 0 spiro atoms. The smallest absolute Gasteiger partial charge is 0.335 e. The van der Waals surface area contributed by atoms with Crippen LogP contribution in [-0.2, 0) is 0 Å². The van der Waals surface area contributed by atoms with Gasteiger partial charge in [0.15, 0.2) is 0 Å². The third kappa shape index (κ3) is 1.86. The van der Waals surface area contributed by atoms with Gasteiger partial charge in [0.05, 0.1) is 5.56 Å². The van der Waals surface area contributed by atoms with Gasteiger partial charge < -0.3 is 10.0 Å². The van der Waals surface area contributed by atoms with E-state index in [-0.39, 0.29) is 10.7 Å². The van der Waals surface area contributed by atoms with E-state index >= 15 is 0 Å². The van der Waals surface area contributed by atoms with Crippen LogP contribution in [0.15, 0.2) is 12.1 Å². The summed E-state index contributed by atoms with van der Waals surface area (Å²) in [5.41, 5.74) is 0.211. The van der Waals surface area contributed by atoms with E-state index < -0.39 is 5.97 Å². The number of pyridine rings is 1. The number of rotatable bonds is 2. The molecule has 1 aromatic rings. The Hall–Kier alpha value is -1.29. The summed E-state index contributed by atoms with van der Waals surface area (Å²) in [5, 5.41) is 9.26. The van der Waals surface area contributed by atoms with Gasteiger partial charge in [-0.1, -0.05) is 11.6 Å². The van der Waals surface area contributed by atoms with Crippen LogP contribution in [0.3, 0.4) is 0 Å². The minimum Gasteiger partial charge on any atom is -0.478 e. The summed E-state index contributed by atoms with van der Waals surface area (Å²) in [7, 11) is 0. The maximum Gasteiger partial charge on any atom is 0.335 e. The van der Waals surface area contributed by atoms with Crippen molar-refractivity contribution in [1.29, 1.82) is 0 Å². The molecule has 1 aromatic heterocycles. The Labute approximate surface area is 104 Å². The van der Waals surface area contributed by atoms with E-state index in [1.54, 1.807) is 6.07 Å². The summed E-state index contributed by atoms with van der Waals surface area (Å²) in [6.07, 6.45) is 3.67. The normalized spacial score (nSPS) is 26.5. The van der Waals surface area contributed by atoms with Crippen LogP contribution >= 0.6 is 11.6 Å². The number of carboxylic acid groups (broad SMARTS) is 1. The van der Waals surface area contributed by atoms with Crippen molar-refractivity contribution in [1.82, 2.24) is 4.98 Å².